The molecule has 0 saturated heterocycles. The van der Waals surface area contributed by atoms with E-state index in [0.29, 0.717) is 31.5 Å². The van der Waals surface area contributed by atoms with Crippen molar-refractivity contribution in [3.63, 3.8) is 0 Å². The van der Waals surface area contributed by atoms with Crippen LogP contribution in [0.5, 0.6) is 0 Å². The van der Waals surface area contributed by atoms with Gasteiger partial charge in [0.25, 0.3) is 0 Å². The van der Waals surface area contributed by atoms with Gasteiger partial charge in [0.1, 0.15) is 0 Å². The molecular formula is C47H92O4. The van der Waals surface area contributed by atoms with Gasteiger partial charge in [-0.25, -0.2) is 0 Å². The summed E-state index contributed by atoms with van der Waals surface area (Å²) in [5.74, 6) is 1.70. The van der Waals surface area contributed by atoms with Crippen molar-refractivity contribution in [1.82, 2.24) is 0 Å². The predicted molar refractivity (Wildman–Crippen MR) is 222 cm³/mol. The van der Waals surface area contributed by atoms with Gasteiger partial charge in [0.05, 0.1) is 13.2 Å². The summed E-state index contributed by atoms with van der Waals surface area (Å²) < 4.78 is 11.0. The standard InChI is InChI=1S/C47H92O4/c1-7-47(6,40-32-24-26-34-42-51-46(49)38-30-22-17-13-9-11-15-20-28-36-44(4)5)39-31-23-18-25-33-41-50-45(48)37-29-21-16-12-8-10-14-19-27-35-43(2)3/h43-44H,7-42H2,1-6H3. The van der Waals surface area contributed by atoms with Crippen LogP contribution in [0, 0.1) is 17.3 Å². The number of ether oxygens (including phenoxy) is 2. The fourth-order valence-electron chi connectivity index (χ4n) is 7.31. The summed E-state index contributed by atoms with van der Waals surface area (Å²) in [6.45, 7) is 15.3. The molecule has 304 valence electrons. The number of carbonyl (C=O) groups is 2. The Morgan fingerprint density at radius 2 is 0.686 bits per heavy atom. The molecule has 0 aromatic carbocycles. The van der Waals surface area contributed by atoms with E-state index < -0.39 is 0 Å². The van der Waals surface area contributed by atoms with Gasteiger partial charge < -0.3 is 9.47 Å². The Hall–Kier alpha value is -1.06. The Balaban J connectivity index is 3.53. The molecule has 0 radical (unpaired) electrons. The molecular weight excluding hydrogens is 629 g/mol. The minimum Gasteiger partial charge on any atom is -0.466 e. The average Bonchev–Trinajstić information content (AvgIpc) is 3.10. The van der Waals surface area contributed by atoms with E-state index in [0.717, 1.165) is 63.2 Å². The Morgan fingerprint density at radius 3 is 1.00 bits per heavy atom. The molecule has 1 atom stereocenters. The molecule has 0 fully saturated rings. The second-order valence-electron chi connectivity index (χ2n) is 17.5. The van der Waals surface area contributed by atoms with Crippen molar-refractivity contribution < 1.29 is 19.1 Å². The SMILES string of the molecule is CCC(C)(CCCCCCCOC(=O)CCCCCCCCCCCC(C)C)CCCCCCOC(=O)CCCCCCCCCCCC(C)C. The van der Waals surface area contributed by atoms with E-state index in [2.05, 4.69) is 41.5 Å². The summed E-state index contributed by atoms with van der Waals surface area (Å²) in [4.78, 5) is 24.1. The number of hydrogen-bond donors (Lipinski definition) is 0. The predicted octanol–water partition coefficient (Wildman–Crippen LogP) is 15.7. The highest BCUT2D eigenvalue weighted by molar-refractivity contribution is 5.69. The van der Waals surface area contributed by atoms with Crippen LogP contribution in [0.1, 0.15) is 260 Å². The number of hydrogen-bond acceptors (Lipinski definition) is 4. The van der Waals surface area contributed by atoms with Gasteiger partial charge in [-0.1, -0.05) is 208 Å². The zero-order valence-corrected chi connectivity index (χ0v) is 35.7. The van der Waals surface area contributed by atoms with Gasteiger partial charge in [-0.2, -0.15) is 0 Å². The van der Waals surface area contributed by atoms with Gasteiger partial charge in [0.15, 0.2) is 0 Å². The lowest BCUT2D eigenvalue weighted by molar-refractivity contribution is -0.144. The molecule has 0 aliphatic rings. The van der Waals surface area contributed by atoms with E-state index in [9.17, 15) is 9.59 Å². The normalized spacial score (nSPS) is 12.9. The molecule has 0 heterocycles. The van der Waals surface area contributed by atoms with E-state index in [1.165, 1.54) is 154 Å². The molecule has 0 amide bonds. The summed E-state index contributed by atoms with van der Waals surface area (Å²) in [5, 5.41) is 0. The number of unbranched alkanes of at least 4 members (excludes halogenated alkanes) is 23. The molecule has 0 rings (SSSR count). The third kappa shape index (κ3) is 38.5. The molecule has 0 saturated carbocycles. The number of rotatable bonds is 40. The van der Waals surface area contributed by atoms with Crippen molar-refractivity contribution in [2.75, 3.05) is 13.2 Å². The monoisotopic (exact) mass is 721 g/mol. The molecule has 0 bridgehead atoms. The Kier molecular flexibility index (Phi) is 36.5. The van der Waals surface area contributed by atoms with E-state index in [1.807, 2.05) is 0 Å². The first-order chi connectivity index (χ1) is 24.7. The minimum absolute atomic E-state index is 0.00404. The van der Waals surface area contributed by atoms with Crippen LogP contribution in [0.25, 0.3) is 0 Å². The van der Waals surface area contributed by atoms with Crippen LogP contribution in [-0.2, 0) is 19.1 Å². The second kappa shape index (κ2) is 37.3. The quantitative estimate of drug-likeness (QED) is 0.0467. The first-order valence-corrected chi connectivity index (χ1v) is 23.0. The largest absolute Gasteiger partial charge is 0.466 e. The van der Waals surface area contributed by atoms with Gasteiger partial charge in [-0.05, 0) is 55.8 Å². The van der Waals surface area contributed by atoms with Crippen molar-refractivity contribution in [3.8, 4) is 0 Å². The van der Waals surface area contributed by atoms with Gasteiger partial charge in [0, 0.05) is 12.8 Å². The molecule has 4 nitrogen and oxygen atoms in total. The highest BCUT2D eigenvalue weighted by atomic mass is 16.5. The van der Waals surface area contributed by atoms with Gasteiger partial charge >= 0.3 is 11.9 Å². The molecule has 0 aliphatic heterocycles. The van der Waals surface area contributed by atoms with E-state index in [1.54, 1.807) is 0 Å². The lowest BCUT2D eigenvalue weighted by Gasteiger charge is -2.28. The fraction of sp³-hybridized carbons (Fsp3) is 0.957. The van der Waals surface area contributed by atoms with E-state index in [-0.39, 0.29) is 11.9 Å². The second-order valence-corrected chi connectivity index (χ2v) is 17.5. The average molecular weight is 721 g/mol. The van der Waals surface area contributed by atoms with E-state index in [4.69, 9.17) is 9.47 Å². The molecule has 0 aromatic rings. The van der Waals surface area contributed by atoms with Crippen molar-refractivity contribution in [3.05, 3.63) is 0 Å². The maximum Gasteiger partial charge on any atom is 0.305 e. The molecule has 0 aliphatic carbocycles. The van der Waals surface area contributed by atoms with Crippen molar-refractivity contribution in [2.24, 2.45) is 17.3 Å². The molecule has 0 spiro atoms. The molecule has 0 aromatic heterocycles. The first-order valence-electron chi connectivity index (χ1n) is 23.0. The van der Waals surface area contributed by atoms with Crippen LogP contribution in [0.3, 0.4) is 0 Å². The van der Waals surface area contributed by atoms with Gasteiger partial charge in [-0.15, -0.1) is 0 Å². The number of esters is 2. The molecule has 1 unspecified atom stereocenters. The summed E-state index contributed by atoms with van der Waals surface area (Å²) in [6, 6.07) is 0. The zero-order chi connectivity index (χ0) is 37.7. The van der Waals surface area contributed by atoms with Gasteiger partial charge in [0.2, 0.25) is 0 Å². The molecule has 0 N–H and O–H groups in total. The fourth-order valence-corrected chi connectivity index (χ4v) is 7.31. The third-order valence-electron chi connectivity index (χ3n) is 11.3. The van der Waals surface area contributed by atoms with Crippen molar-refractivity contribution in [1.29, 1.82) is 0 Å². The smallest absolute Gasteiger partial charge is 0.305 e. The maximum absolute atomic E-state index is 12.1. The van der Waals surface area contributed by atoms with Crippen LogP contribution in [0.2, 0.25) is 0 Å². The van der Waals surface area contributed by atoms with Crippen LogP contribution in [0.4, 0.5) is 0 Å². The summed E-state index contributed by atoms with van der Waals surface area (Å²) in [6.07, 6.45) is 41.7. The lowest BCUT2D eigenvalue weighted by Crippen LogP contribution is -2.15. The number of carbonyl (C=O) groups excluding carboxylic acids is 2. The van der Waals surface area contributed by atoms with Crippen LogP contribution in [-0.4, -0.2) is 25.2 Å². The van der Waals surface area contributed by atoms with E-state index >= 15 is 0 Å². The Bertz CT molecular complexity index is 747. The topological polar surface area (TPSA) is 52.6 Å². The minimum atomic E-state index is 0.00404. The van der Waals surface area contributed by atoms with Crippen LogP contribution >= 0.6 is 0 Å². The zero-order valence-electron chi connectivity index (χ0n) is 35.7. The Labute approximate surface area is 320 Å². The first kappa shape index (κ1) is 49.9. The maximum atomic E-state index is 12.1. The summed E-state index contributed by atoms with van der Waals surface area (Å²) in [7, 11) is 0. The van der Waals surface area contributed by atoms with Crippen LogP contribution in [0.15, 0.2) is 0 Å². The molecule has 4 heteroatoms. The van der Waals surface area contributed by atoms with Crippen molar-refractivity contribution in [2.45, 2.75) is 260 Å². The van der Waals surface area contributed by atoms with Gasteiger partial charge in [-0.3, -0.25) is 9.59 Å². The van der Waals surface area contributed by atoms with Crippen molar-refractivity contribution >= 4 is 11.9 Å². The summed E-state index contributed by atoms with van der Waals surface area (Å²) in [5.41, 5.74) is 0.447. The molecule has 51 heavy (non-hydrogen) atoms. The lowest BCUT2D eigenvalue weighted by atomic mass is 9.77. The summed E-state index contributed by atoms with van der Waals surface area (Å²) >= 11 is 0. The highest BCUT2D eigenvalue weighted by Crippen LogP contribution is 2.34. The van der Waals surface area contributed by atoms with Crippen LogP contribution < -0.4 is 0 Å². The Morgan fingerprint density at radius 1 is 0.412 bits per heavy atom. The highest BCUT2D eigenvalue weighted by Gasteiger charge is 2.20. The third-order valence-corrected chi connectivity index (χ3v) is 11.3.